The molecule has 0 aromatic heterocycles. The summed E-state index contributed by atoms with van der Waals surface area (Å²) in [6, 6.07) is 0. The maximum Gasteiger partial charge on any atom is 1.00 e. The third-order valence-corrected chi connectivity index (χ3v) is 0. The molecule has 7 heavy (non-hydrogen) atoms. The van der Waals surface area contributed by atoms with Gasteiger partial charge in [-0.15, -0.1) is 0 Å². The molecule has 1 radical (unpaired) electrons. The van der Waals surface area contributed by atoms with Crippen molar-refractivity contribution < 1.29 is 61.4 Å². The topological polar surface area (TPSA) is 57.5 Å². The van der Waals surface area contributed by atoms with Gasteiger partial charge in [0.1, 0.15) is 0 Å². The van der Waals surface area contributed by atoms with Gasteiger partial charge in [0.2, 0.25) is 0 Å². The maximum absolute atomic E-state index is 9.11. The second kappa shape index (κ2) is 5.94. The summed E-state index contributed by atoms with van der Waals surface area (Å²) >= 11 is 3.47. The van der Waals surface area contributed by atoms with Crippen LogP contribution in [0.4, 0.5) is 0 Å². The van der Waals surface area contributed by atoms with E-state index >= 15 is 0 Å². The number of hydrogen-bond acceptors (Lipinski definition) is 2. The Morgan fingerprint density at radius 2 is 1.57 bits per heavy atom. The summed E-state index contributed by atoms with van der Waals surface area (Å²) in [7, 11) is -3.83. The van der Waals surface area contributed by atoms with Gasteiger partial charge in [-0.3, -0.25) is 9.11 Å². The molecule has 0 saturated heterocycles. The summed E-state index contributed by atoms with van der Waals surface area (Å²) in [4.78, 5) is 0. The van der Waals surface area contributed by atoms with Crippen LogP contribution in [0, 0.1) is 0 Å². The minimum atomic E-state index is -3.83. The van der Waals surface area contributed by atoms with Crippen LogP contribution < -0.4 is 29.6 Å². The summed E-state index contributed by atoms with van der Waals surface area (Å²) in [5.74, 6) is 0. The van der Waals surface area contributed by atoms with Crippen molar-refractivity contribution in [2.75, 3.05) is 0 Å². The Balaban J connectivity index is -0.0000000267. The van der Waals surface area contributed by atoms with Crippen LogP contribution in [0.2, 0.25) is 0 Å². The van der Waals surface area contributed by atoms with E-state index in [-0.39, 0.29) is 48.1 Å². The average Bonchev–Trinajstić information content (AvgIpc) is 0.722. The van der Waals surface area contributed by atoms with Crippen molar-refractivity contribution in [3.63, 3.8) is 0 Å². The molecular formula is H3CuNaO3S2. The molecule has 0 aliphatic carbocycles. The van der Waals surface area contributed by atoms with Crippen molar-refractivity contribution in [2.45, 2.75) is 0 Å². The second-order valence-electron chi connectivity index (χ2n) is 0.448. The summed E-state index contributed by atoms with van der Waals surface area (Å²) in [5, 5.41) is 0. The van der Waals surface area contributed by atoms with Crippen LogP contribution in [0.25, 0.3) is 0 Å². The van der Waals surface area contributed by atoms with Crippen molar-refractivity contribution in [3.8, 4) is 0 Å². The predicted octanol–water partition coefficient (Wildman–Crippen LogP) is -3.21. The second-order valence-corrected chi connectivity index (χ2v) is 2.65. The maximum atomic E-state index is 9.11. The molecule has 0 aromatic carbocycles. The van der Waals surface area contributed by atoms with Crippen molar-refractivity contribution in [1.29, 1.82) is 0 Å². The minimum absolute atomic E-state index is 0. The molecule has 0 bridgehead atoms. The largest absolute Gasteiger partial charge is 1.00 e. The Kier molecular flexibility index (Phi) is 13.5. The fourth-order valence-electron chi connectivity index (χ4n) is 0. The summed E-state index contributed by atoms with van der Waals surface area (Å²) < 4.78 is 24.0. The fraction of sp³-hybridized carbons (Fsp3) is 0. The molecule has 0 fully saturated rings. The van der Waals surface area contributed by atoms with Gasteiger partial charge in [-0.2, -0.15) is 4.21 Å². The minimum Gasteiger partial charge on any atom is -1.00 e. The Hall–Kier alpha value is 1.81. The van der Waals surface area contributed by atoms with Crippen LogP contribution in [0.1, 0.15) is 1.43 Å². The van der Waals surface area contributed by atoms with E-state index < -0.39 is 9.05 Å². The first-order chi connectivity index (χ1) is 2.00. The molecule has 0 amide bonds. The van der Waals surface area contributed by atoms with Crippen LogP contribution in [-0.4, -0.2) is 13.3 Å². The Morgan fingerprint density at radius 1 is 1.57 bits per heavy atom. The molecule has 0 saturated carbocycles. The molecule has 0 spiro atoms. The molecule has 2 N–H and O–H groups in total. The molecule has 0 unspecified atom stereocenters. The standard InChI is InChI=1S/Cu.Na.H2O3S2.H/c;;1-5(2,3)4;/h;;(H2,1,2,3,4);/q;+1;;-1. The Bertz CT molecular complexity index is 100. The van der Waals surface area contributed by atoms with Gasteiger partial charge in [-0.1, -0.05) is 0 Å². The van der Waals surface area contributed by atoms with E-state index in [1.807, 2.05) is 0 Å². The first-order valence-electron chi connectivity index (χ1n) is 0.698. The van der Waals surface area contributed by atoms with Crippen LogP contribution >= 0.6 is 0 Å². The SMILES string of the molecule is O=S(O)(O)=S.[Cu].[H-].[Na+]. The third-order valence-electron chi connectivity index (χ3n) is 0. The van der Waals surface area contributed by atoms with E-state index in [4.69, 9.17) is 13.3 Å². The van der Waals surface area contributed by atoms with Crippen LogP contribution in [0.15, 0.2) is 0 Å². The van der Waals surface area contributed by atoms with E-state index in [1.165, 1.54) is 0 Å². The molecule has 0 aromatic rings. The van der Waals surface area contributed by atoms with Crippen molar-refractivity contribution in [1.82, 2.24) is 0 Å². The molecule has 0 atom stereocenters. The molecule has 45 valence electrons. The van der Waals surface area contributed by atoms with Crippen LogP contribution in [0.3, 0.4) is 0 Å². The monoisotopic (exact) mass is 201 g/mol. The van der Waals surface area contributed by atoms with E-state index in [2.05, 4.69) is 11.2 Å². The van der Waals surface area contributed by atoms with Crippen molar-refractivity contribution in [2.24, 2.45) is 0 Å². The van der Waals surface area contributed by atoms with E-state index in [9.17, 15) is 0 Å². The quantitative estimate of drug-likeness (QED) is 0.406. The number of rotatable bonds is 0. The molecular weight excluding hydrogens is 199 g/mol. The molecule has 0 aliphatic heterocycles. The molecule has 0 rings (SSSR count). The molecule has 3 nitrogen and oxygen atoms in total. The normalized spacial score (nSPS) is 8.29. The van der Waals surface area contributed by atoms with Gasteiger partial charge < -0.3 is 1.43 Å². The van der Waals surface area contributed by atoms with Crippen molar-refractivity contribution >= 4 is 20.2 Å². The van der Waals surface area contributed by atoms with Crippen LogP contribution in [-0.2, 0) is 37.3 Å². The summed E-state index contributed by atoms with van der Waals surface area (Å²) in [6.07, 6.45) is 0. The predicted molar refractivity (Wildman–Crippen MR) is 21.9 cm³/mol. The third kappa shape index (κ3) is 80.5. The number of hydrogen-bond donors (Lipinski definition) is 2. The van der Waals surface area contributed by atoms with Gasteiger partial charge in [-0.25, -0.2) is 0 Å². The van der Waals surface area contributed by atoms with Gasteiger partial charge in [0, 0.05) is 28.3 Å². The Morgan fingerprint density at radius 3 is 1.57 bits per heavy atom. The van der Waals surface area contributed by atoms with Crippen molar-refractivity contribution in [3.05, 3.63) is 0 Å². The van der Waals surface area contributed by atoms with Gasteiger partial charge in [0.05, 0.1) is 0 Å². The first-order valence-corrected chi connectivity index (χ1v) is 3.10. The average molecular weight is 202 g/mol. The first kappa shape index (κ1) is 15.9. The van der Waals surface area contributed by atoms with E-state index in [0.717, 1.165) is 0 Å². The Labute approximate surface area is 80.8 Å². The zero-order valence-electron chi connectivity index (χ0n) is 4.42. The molecule has 0 aliphatic rings. The van der Waals surface area contributed by atoms with E-state index in [1.54, 1.807) is 0 Å². The zero-order chi connectivity index (χ0) is 4.50. The summed E-state index contributed by atoms with van der Waals surface area (Å²) in [6.45, 7) is 0. The fourth-order valence-corrected chi connectivity index (χ4v) is 0. The zero-order valence-corrected chi connectivity index (χ0v) is 8.00. The molecule has 0 heterocycles. The van der Waals surface area contributed by atoms with Gasteiger partial charge >= 0.3 is 29.6 Å². The molecule has 7 heteroatoms. The smallest absolute Gasteiger partial charge is 1.00 e. The summed E-state index contributed by atoms with van der Waals surface area (Å²) in [5.41, 5.74) is 0. The van der Waals surface area contributed by atoms with Gasteiger partial charge in [-0.05, 0) is 0 Å². The van der Waals surface area contributed by atoms with Gasteiger partial charge in [0.15, 0.2) is 0 Å². The van der Waals surface area contributed by atoms with Crippen LogP contribution in [0.5, 0.6) is 0 Å². The van der Waals surface area contributed by atoms with E-state index in [0.29, 0.717) is 0 Å². The van der Waals surface area contributed by atoms with Gasteiger partial charge in [0.25, 0.3) is 9.05 Å².